The van der Waals surface area contributed by atoms with Crippen LogP contribution in [0.1, 0.15) is 45.1 Å². The Balaban J connectivity index is 2.17. The van der Waals surface area contributed by atoms with Crippen LogP contribution in [-0.4, -0.2) is 19.5 Å². The molecule has 29 heavy (non-hydrogen) atoms. The van der Waals surface area contributed by atoms with Crippen LogP contribution in [-0.2, 0) is 6.54 Å². The highest BCUT2D eigenvalue weighted by molar-refractivity contribution is 6.35. The summed E-state index contributed by atoms with van der Waals surface area (Å²) in [5, 5.41) is 13.2. The van der Waals surface area contributed by atoms with Crippen molar-refractivity contribution in [3.05, 3.63) is 51.2 Å². The van der Waals surface area contributed by atoms with Crippen molar-refractivity contribution in [2.24, 2.45) is 5.41 Å². The van der Waals surface area contributed by atoms with E-state index in [2.05, 4.69) is 15.3 Å². The molecule has 3 N–H and O–H groups in total. The molecule has 1 atom stereocenters. The molecule has 0 fully saturated rings. The van der Waals surface area contributed by atoms with Gasteiger partial charge in [0.15, 0.2) is 0 Å². The van der Waals surface area contributed by atoms with Gasteiger partial charge in [-0.1, -0.05) is 38.4 Å². The molecule has 3 aromatic rings. The lowest BCUT2D eigenvalue weighted by atomic mass is 9.96. The maximum atomic E-state index is 13.3. The summed E-state index contributed by atoms with van der Waals surface area (Å²) in [6, 6.07) is 6.78. The van der Waals surface area contributed by atoms with Crippen molar-refractivity contribution in [3.63, 3.8) is 0 Å². The maximum Gasteiger partial charge on any atom is 0.262 e. The van der Waals surface area contributed by atoms with Crippen molar-refractivity contribution in [1.29, 1.82) is 5.26 Å². The molecule has 2 heterocycles. The average molecular weight is 412 g/mol. The second-order valence-electron chi connectivity index (χ2n) is 8.02. The number of hydrogen-bond donors (Lipinski definition) is 2. The molecule has 0 saturated heterocycles. The number of rotatable bonds is 4. The van der Waals surface area contributed by atoms with Gasteiger partial charge in [0.1, 0.15) is 23.3 Å². The number of hydrogen-bond acceptors (Lipinski definition) is 7. The second-order valence-corrected chi connectivity index (χ2v) is 8.43. The van der Waals surface area contributed by atoms with Gasteiger partial charge in [-0.05, 0) is 24.5 Å². The normalized spacial score (nSPS) is 12.6. The molecule has 0 aliphatic carbocycles. The van der Waals surface area contributed by atoms with Gasteiger partial charge in [0.2, 0.25) is 5.95 Å². The third kappa shape index (κ3) is 4.30. The highest BCUT2D eigenvalue weighted by atomic mass is 35.5. The van der Waals surface area contributed by atoms with Gasteiger partial charge in [0, 0.05) is 6.54 Å². The fourth-order valence-corrected chi connectivity index (χ4v) is 3.31. The van der Waals surface area contributed by atoms with E-state index in [4.69, 9.17) is 22.3 Å². The van der Waals surface area contributed by atoms with Crippen LogP contribution < -0.4 is 16.6 Å². The van der Waals surface area contributed by atoms with Crippen molar-refractivity contribution in [2.75, 3.05) is 11.1 Å². The minimum atomic E-state index is -0.435. The molecule has 150 valence electrons. The first-order valence-corrected chi connectivity index (χ1v) is 9.46. The lowest BCUT2D eigenvalue weighted by Crippen LogP contribution is -2.33. The molecule has 0 amide bonds. The van der Waals surface area contributed by atoms with Crippen LogP contribution in [0.4, 0.5) is 11.8 Å². The molecule has 1 aromatic carbocycles. The van der Waals surface area contributed by atoms with Crippen molar-refractivity contribution in [3.8, 4) is 6.07 Å². The largest absolute Gasteiger partial charge is 0.368 e. The minimum absolute atomic E-state index is 0.0454. The van der Waals surface area contributed by atoms with E-state index in [1.54, 1.807) is 22.8 Å². The molecule has 0 aliphatic rings. The molecule has 0 saturated carbocycles. The van der Waals surface area contributed by atoms with E-state index in [1.165, 1.54) is 6.20 Å². The summed E-state index contributed by atoms with van der Waals surface area (Å²) >= 11 is 6.29. The van der Waals surface area contributed by atoms with Crippen LogP contribution in [0.5, 0.6) is 0 Å². The molecule has 2 aromatic heterocycles. The first-order valence-electron chi connectivity index (χ1n) is 9.09. The molecule has 0 spiro atoms. The number of aromatic nitrogens is 4. The van der Waals surface area contributed by atoms with Gasteiger partial charge >= 0.3 is 0 Å². The number of fused-ring (bicyclic) bond motifs is 1. The van der Waals surface area contributed by atoms with E-state index in [1.807, 2.05) is 33.8 Å². The number of halogens is 1. The lowest BCUT2D eigenvalue weighted by molar-refractivity contribution is 0.329. The summed E-state index contributed by atoms with van der Waals surface area (Å²) < 4.78 is 1.63. The van der Waals surface area contributed by atoms with Crippen molar-refractivity contribution in [1.82, 2.24) is 19.5 Å². The van der Waals surface area contributed by atoms with Crippen molar-refractivity contribution >= 4 is 34.3 Å². The summed E-state index contributed by atoms with van der Waals surface area (Å²) in [6.07, 6.45) is 1.35. The molecular formula is C20H22ClN7O. The van der Waals surface area contributed by atoms with E-state index < -0.39 is 6.04 Å². The van der Waals surface area contributed by atoms with Crippen LogP contribution in [0.15, 0.2) is 29.2 Å². The van der Waals surface area contributed by atoms with Gasteiger partial charge < -0.3 is 11.1 Å². The number of nitrogen functional groups attached to an aromatic ring is 1. The SMILES string of the molecule is CC(Nc1nc(N)ncc1C#N)c1nc2cccc(Cl)c2c(=O)n1CC(C)(C)C. The van der Waals surface area contributed by atoms with Gasteiger partial charge in [-0.2, -0.15) is 10.2 Å². The van der Waals surface area contributed by atoms with E-state index >= 15 is 0 Å². The Hall–Kier alpha value is -3.18. The monoisotopic (exact) mass is 411 g/mol. The number of nitrogens with one attached hydrogen (secondary N) is 1. The van der Waals surface area contributed by atoms with Crippen LogP contribution in [0.25, 0.3) is 10.9 Å². The third-order valence-electron chi connectivity index (χ3n) is 4.26. The number of nitrogens with zero attached hydrogens (tertiary/aromatic N) is 5. The van der Waals surface area contributed by atoms with E-state index in [-0.39, 0.29) is 28.3 Å². The Kier molecular flexibility index (Phi) is 5.44. The zero-order valence-electron chi connectivity index (χ0n) is 16.7. The zero-order chi connectivity index (χ0) is 21.3. The minimum Gasteiger partial charge on any atom is -0.368 e. The molecule has 9 heteroatoms. The number of benzene rings is 1. The first-order chi connectivity index (χ1) is 13.6. The quantitative estimate of drug-likeness (QED) is 0.673. The predicted molar refractivity (Wildman–Crippen MR) is 114 cm³/mol. The van der Waals surface area contributed by atoms with E-state index in [0.717, 1.165) is 0 Å². The summed E-state index contributed by atoms with van der Waals surface area (Å²) in [5.41, 5.74) is 6.05. The topological polar surface area (TPSA) is 123 Å². The molecule has 0 radical (unpaired) electrons. The zero-order valence-corrected chi connectivity index (χ0v) is 17.4. The predicted octanol–water partition coefficient (Wildman–Crippen LogP) is 3.51. The molecule has 0 aliphatic heterocycles. The van der Waals surface area contributed by atoms with Crippen LogP contribution in [0, 0.1) is 16.7 Å². The molecule has 1 unspecified atom stereocenters. The summed E-state index contributed by atoms with van der Waals surface area (Å²) in [6.45, 7) is 8.40. The fourth-order valence-electron chi connectivity index (χ4n) is 3.06. The van der Waals surface area contributed by atoms with Gasteiger partial charge in [0.05, 0.1) is 28.2 Å². The highest BCUT2D eigenvalue weighted by Crippen LogP contribution is 2.25. The summed E-state index contributed by atoms with van der Waals surface area (Å²) in [7, 11) is 0. The summed E-state index contributed by atoms with van der Waals surface area (Å²) in [5.74, 6) is 0.847. The van der Waals surface area contributed by atoms with Crippen molar-refractivity contribution in [2.45, 2.75) is 40.3 Å². The Labute approximate surface area is 173 Å². The average Bonchev–Trinajstić information content (AvgIpc) is 2.63. The van der Waals surface area contributed by atoms with Crippen LogP contribution in [0.3, 0.4) is 0 Å². The molecule has 8 nitrogen and oxygen atoms in total. The smallest absolute Gasteiger partial charge is 0.262 e. The van der Waals surface area contributed by atoms with Gasteiger partial charge in [-0.3, -0.25) is 9.36 Å². The molecule has 0 bridgehead atoms. The Bertz CT molecular complexity index is 1170. The Morgan fingerprint density at radius 3 is 2.72 bits per heavy atom. The number of anilines is 2. The third-order valence-corrected chi connectivity index (χ3v) is 4.58. The lowest BCUT2D eigenvalue weighted by Gasteiger charge is -2.25. The van der Waals surface area contributed by atoms with Gasteiger partial charge in [-0.15, -0.1) is 0 Å². The second kappa shape index (κ2) is 7.68. The molecule has 3 rings (SSSR count). The van der Waals surface area contributed by atoms with E-state index in [0.29, 0.717) is 28.3 Å². The van der Waals surface area contributed by atoms with Crippen molar-refractivity contribution < 1.29 is 0 Å². The fraction of sp³-hybridized carbons (Fsp3) is 0.350. The molecular weight excluding hydrogens is 390 g/mol. The van der Waals surface area contributed by atoms with Gasteiger partial charge in [0.25, 0.3) is 5.56 Å². The summed E-state index contributed by atoms with van der Waals surface area (Å²) in [4.78, 5) is 26.0. The Morgan fingerprint density at radius 2 is 2.07 bits per heavy atom. The standard InChI is InChI=1S/C20H22ClN7O/c1-11(25-16-12(8-22)9-24-19(23)27-16)17-26-14-7-5-6-13(21)15(14)18(29)28(17)10-20(2,3)4/h5-7,9,11H,10H2,1-4H3,(H3,23,24,25,27). The highest BCUT2D eigenvalue weighted by Gasteiger charge is 2.23. The number of nitriles is 1. The van der Waals surface area contributed by atoms with Crippen LogP contribution in [0.2, 0.25) is 5.02 Å². The van der Waals surface area contributed by atoms with Gasteiger partial charge in [-0.25, -0.2) is 9.97 Å². The Morgan fingerprint density at radius 1 is 1.34 bits per heavy atom. The maximum absolute atomic E-state index is 13.3. The van der Waals surface area contributed by atoms with E-state index in [9.17, 15) is 10.1 Å². The van der Waals surface area contributed by atoms with Crippen LogP contribution >= 0.6 is 11.6 Å². The number of nitrogens with two attached hydrogens (primary N) is 1. The first kappa shape index (κ1) is 20.6.